The molecule has 1 N–H and O–H groups in total. The maximum Gasteiger partial charge on any atom is 0.416 e. The molecule has 0 saturated heterocycles. The first kappa shape index (κ1) is 23.5. The molecule has 4 aromatic carbocycles. The van der Waals surface area contributed by atoms with Crippen LogP contribution in [0.15, 0.2) is 89.9 Å². The van der Waals surface area contributed by atoms with Crippen molar-refractivity contribution in [2.24, 2.45) is 4.99 Å². The van der Waals surface area contributed by atoms with E-state index in [0.717, 1.165) is 34.0 Å². The quantitative estimate of drug-likeness (QED) is 0.226. The van der Waals surface area contributed by atoms with Gasteiger partial charge in [0, 0.05) is 43.5 Å². The SMILES string of the molecule is FC(F)(F)c1cc(N=Cc2ccc(Cl)cc2)c2c(c1)nc(-c1ccc(Cl)cc1)c1[nH]c3ccccc3c12. The number of para-hydroxylation sites is 1. The fraction of sp³-hybridized carbons (Fsp3) is 0.0345. The first-order valence-electron chi connectivity index (χ1n) is 11.3. The fourth-order valence-corrected chi connectivity index (χ4v) is 4.74. The number of hydrogen-bond donors (Lipinski definition) is 1. The molecule has 2 aromatic heterocycles. The Kier molecular flexibility index (Phi) is 5.66. The van der Waals surface area contributed by atoms with Crippen molar-refractivity contribution in [1.82, 2.24) is 9.97 Å². The third-order valence-electron chi connectivity index (χ3n) is 6.19. The van der Waals surface area contributed by atoms with Crippen LogP contribution < -0.4 is 0 Å². The molecule has 0 bridgehead atoms. The summed E-state index contributed by atoms with van der Waals surface area (Å²) in [5.74, 6) is 0. The smallest absolute Gasteiger partial charge is 0.353 e. The van der Waals surface area contributed by atoms with E-state index in [-0.39, 0.29) is 11.2 Å². The third kappa shape index (κ3) is 4.32. The van der Waals surface area contributed by atoms with Crippen molar-refractivity contribution in [3.8, 4) is 11.3 Å². The molecule has 3 nitrogen and oxygen atoms in total. The lowest BCUT2D eigenvalue weighted by atomic mass is 10.00. The van der Waals surface area contributed by atoms with Gasteiger partial charge in [-0.05, 0) is 48.0 Å². The van der Waals surface area contributed by atoms with E-state index in [2.05, 4.69) is 9.98 Å². The summed E-state index contributed by atoms with van der Waals surface area (Å²) >= 11 is 12.1. The van der Waals surface area contributed by atoms with E-state index in [1.807, 2.05) is 24.3 Å². The number of rotatable bonds is 3. The summed E-state index contributed by atoms with van der Waals surface area (Å²) in [4.78, 5) is 12.7. The zero-order valence-corrected chi connectivity index (χ0v) is 20.5. The zero-order chi connectivity index (χ0) is 25.7. The summed E-state index contributed by atoms with van der Waals surface area (Å²) in [6, 6.07) is 23.8. The van der Waals surface area contributed by atoms with Crippen molar-refractivity contribution in [2.75, 3.05) is 0 Å². The number of halogens is 5. The van der Waals surface area contributed by atoms with Crippen molar-refractivity contribution in [2.45, 2.75) is 6.18 Å². The van der Waals surface area contributed by atoms with Gasteiger partial charge in [0.1, 0.15) is 0 Å². The van der Waals surface area contributed by atoms with Crippen LogP contribution in [-0.4, -0.2) is 16.2 Å². The lowest BCUT2D eigenvalue weighted by Gasteiger charge is -2.13. The van der Waals surface area contributed by atoms with Crippen LogP contribution in [0.1, 0.15) is 11.1 Å². The predicted molar refractivity (Wildman–Crippen MR) is 145 cm³/mol. The van der Waals surface area contributed by atoms with Gasteiger partial charge in [0.05, 0.1) is 28.0 Å². The van der Waals surface area contributed by atoms with E-state index in [9.17, 15) is 13.2 Å². The van der Waals surface area contributed by atoms with Crippen LogP contribution in [-0.2, 0) is 6.18 Å². The summed E-state index contributed by atoms with van der Waals surface area (Å²) in [7, 11) is 0. The summed E-state index contributed by atoms with van der Waals surface area (Å²) < 4.78 is 41.9. The average molecular weight is 534 g/mol. The van der Waals surface area contributed by atoms with E-state index >= 15 is 0 Å². The number of aromatic amines is 1. The zero-order valence-electron chi connectivity index (χ0n) is 18.9. The third-order valence-corrected chi connectivity index (χ3v) is 6.69. The van der Waals surface area contributed by atoms with Gasteiger partial charge < -0.3 is 4.98 Å². The minimum atomic E-state index is -4.57. The maximum absolute atomic E-state index is 14.0. The van der Waals surface area contributed by atoms with Gasteiger partial charge in [-0.25, -0.2) is 4.98 Å². The van der Waals surface area contributed by atoms with Gasteiger partial charge in [0.25, 0.3) is 0 Å². The Morgan fingerprint density at radius 2 is 1.49 bits per heavy atom. The normalized spacial score (nSPS) is 12.4. The van der Waals surface area contributed by atoms with Crippen molar-refractivity contribution >= 4 is 67.8 Å². The highest BCUT2D eigenvalue weighted by atomic mass is 35.5. The highest BCUT2D eigenvalue weighted by molar-refractivity contribution is 6.31. The van der Waals surface area contributed by atoms with Crippen LogP contribution >= 0.6 is 23.2 Å². The van der Waals surface area contributed by atoms with Crippen LogP contribution in [0.3, 0.4) is 0 Å². The number of aromatic nitrogens is 2. The molecule has 0 spiro atoms. The van der Waals surface area contributed by atoms with Crippen LogP contribution in [0, 0.1) is 0 Å². The minimum Gasteiger partial charge on any atom is -0.353 e. The number of pyridine rings is 1. The highest BCUT2D eigenvalue weighted by Crippen LogP contribution is 2.43. The van der Waals surface area contributed by atoms with Gasteiger partial charge in [-0.3, -0.25) is 4.99 Å². The molecule has 6 rings (SSSR count). The number of benzene rings is 4. The molecule has 8 heteroatoms. The first-order valence-corrected chi connectivity index (χ1v) is 12.0. The Hall–Kier alpha value is -3.87. The number of hydrogen-bond acceptors (Lipinski definition) is 2. The maximum atomic E-state index is 14.0. The second-order valence-electron chi connectivity index (χ2n) is 8.58. The standard InChI is InChI=1S/C29H16Cl2F3N3/c30-19-9-5-16(6-10-19)15-35-23-13-18(29(32,33)34)14-24-26(23)25-21-3-1-2-4-22(21)36-28(25)27(37-24)17-7-11-20(31)12-8-17/h1-15,36H. The number of H-pyrrole nitrogens is 1. The van der Waals surface area contributed by atoms with E-state index in [1.54, 1.807) is 48.5 Å². The van der Waals surface area contributed by atoms with Crippen molar-refractivity contribution in [3.05, 3.63) is 106 Å². The summed E-state index contributed by atoms with van der Waals surface area (Å²) in [6.45, 7) is 0. The topological polar surface area (TPSA) is 41.0 Å². The molecule has 2 heterocycles. The summed E-state index contributed by atoms with van der Waals surface area (Å²) in [5.41, 5.74) is 3.06. The molecule has 0 saturated carbocycles. The Balaban J connectivity index is 1.73. The van der Waals surface area contributed by atoms with Gasteiger partial charge >= 0.3 is 6.18 Å². The van der Waals surface area contributed by atoms with Crippen molar-refractivity contribution in [1.29, 1.82) is 0 Å². The molecule has 0 amide bonds. The molecule has 0 atom stereocenters. The Labute approximate surface area is 219 Å². The molecule has 0 aliphatic rings. The number of alkyl halides is 3. The van der Waals surface area contributed by atoms with Crippen molar-refractivity contribution < 1.29 is 13.2 Å². The molecule has 0 aliphatic heterocycles. The Bertz CT molecular complexity index is 1820. The largest absolute Gasteiger partial charge is 0.416 e. The van der Waals surface area contributed by atoms with Gasteiger partial charge in [-0.1, -0.05) is 65.7 Å². The predicted octanol–water partition coefficient (Wildman–Crippen LogP) is 9.61. The molecular formula is C29H16Cl2F3N3. The molecule has 0 unspecified atom stereocenters. The lowest BCUT2D eigenvalue weighted by molar-refractivity contribution is -0.137. The Morgan fingerprint density at radius 1 is 0.811 bits per heavy atom. The monoisotopic (exact) mass is 533 g/mol. The van der Waals surface area contributed by atoms with Gasteiger partial charge in [0.2, 0.25) is 0 Å². The molecule has 0 radical (unpaired) electrons. The second kappa shape index (κ2) is 8.91. The summed E-state index contributed by atoms with van der Waals surface area (Å²) in [5, 5.41) is 3.26. The molecule has 0 aliphatic carbocycles. The van der Waals surface area contributed by atoms with E-state index in [1.165, 1.54) is 6.21 Å². The van der Waals surface area contributed by atoms with Crippen LogP contribution in [0.2, 0.25) is 10.0 Å². The first-order chi connectivity index (χ1) is 17.8. The number of nitrogens with one attached hydrogen (secondary N) is 1. The molecule has 6 aromatic rings. The highest BCUT2D eigenvalue weighted by Gasteiger charge is 2.32. The van der Waals surface area contributed by atoms with Crippen LogP contribution in [0.25, 0.3) is 44.0 Å². The second-order valence-corrected chi connectivity index (χ2v) is 9.46. The van der Waals surface area contributed by atoms with Gasteiger partial charge in [0.15, 0.2) is 0 Å². The molecule has 182 valence electrons. The number of nitrogens with zero attached hydrogens (tertiary/aromatic N) is 2. The molecular weight excluding hydrogens is 518 g/mol. The van der Waals surface area contributed by atoms with E-state index in [4.69, 9.17) is 28.2 Å². The van der Waals surface area contributed by atoms with E-state index in [0.29, 0.717) is 32.2 Å². The minimum absolute atomic E-state index is 0.171. The number of aliphatic imine (C=N–C) groups is 1. The van der Waals surface area contributed by atoms with E-state index < -0.39 is 11.7 Å². The van der Waals surface area contributed by atoms with Crippen LogP contribution in [0.5, 0.6) is 0 Å². The van der Waals surface area contributed by atoms with Crippen molar-refractivity contribution in [3.63, 3.8) is 0 Å². The van der Waals surface area contributed by atoms with Crippen LogP contribution in [0.4, 0.5) is 18.9 Å². The molecule has 37 heavy (non-hydrogen) atoms. The fourth-order valence-electron chi connectivity index (χ4n) is 4.49. The number of fused-ring (bicyclic) bond motifs is 5. The lowest BCUT2D eigenvalue weighted by Crippen LogP contribution is -2.05. The average Bonchev–Trinajstić information content (AvgIpc) is 3.27. The molecule has 0 fully saturated rings. The summed E-state index contributed by atoms with van der Waals surface area (Å²) in [6.07, 6.45) is -3.05. The van der Waals surface area contributed by atoms with Gasteiger partial charge in [-0.15, -0.1) is 0 Å². The van der Waals surface area contributed by atoms with Gasteiger partial charge in [-0.2, -0.15) is 13.2 Å². The Morgan fingerprint density at radius 3 is 2.19 bits per heavy atom.